The number of carbonyl (C=O) groups is 1. The molecule has 0 radical (unpaired) electrons. The van der Waals surface area contributed by atoms with Crippen molar-refractivity contribution in [2.24, 2.45) is 0 Å². The highest BCUT2D eigenvalue weighted by molar-refractivity contribution is 7.89. The molecule has 1 aliphatic rings. The van der Waals surface area contributed by atoms with E-state index in [1.165, 1.54) is 11.4 Å². The van der Waals surface area contributed by atoms with Crippen LogP contribution in [0.1, 0.15) is 42.5 Å². The Morgan fingerprint density at radius 3 is 2.46 bits per heavy atom. The van der Waals surface area contributed by atoms with Gasteiger partial charge in [-0.05, 0) is 31.4 Å². The van der Waals surface area contributed by atoms with E-state index in [0.29, 0.717) is 25.9 Å². The fourth-order valence-electron chi connectivity index (χ4n) is 2.87. The van der Waals surface area contributed by atoms with Gasteiger partial charge >= 0.3 is 0 Å². The molecule has 9 heteroatoms. The first kappa shape index (κ1) is 20.7. The van der Waals surface area contributed by atoms with E-state index in [1.807, 2.05) is 0 Å². The first-order valence-corrected chi connectivity index (χ1v) is 10.1. The summed E-state index contributed by atoms with van der Waals surface area (Å²) in [7, 11) is -2.63. The summed E-state index contributed by atoms with van der Waals surface area (Å²) in [6.45, 7) is 1.12. The average molecular weight is 390 g/mol. The molecular formula is C17H24F2N2O4S. The van der Waals surface area contributed by atoms with Crippen molar-refractivity contribution in [3.8, 4) is 0 Å². The lowest BCUT2D eigenvalue weighted by Gasteiger charge is -2.21. The molecule has 1 saturated heterocycles. The normalized spacial score (nSPS) is 16.3. The van der Waals surface area contributed by atoms with Gasteiger partial charge in [0, 0.05) is 33.4 Å². The minimum absolute atomic E-state index is 0.161. The summed E-state index contributed by atoms with van der Waals surface area (Å²) in [5, 5.41) is 2.38. The van der Waals surface area contributed by atoms with Crippen molar-refractivity contribution in [1.82, 2.24) is 9.62 Å². The van der Waals surface area contributed by atoms with Crippen LogP contribution in [-0.2, 0) is 14.8 Å². The third-order valence-corrected chi connectivity index (χ3v) is 6.19. The van der Waals surface area contributed by atoms with E-state index >= 15 is 0 Å². The Labute approximate surface area is 152 Å². The molecule has 146 valence electrons. The van der Waals surface area contributed by atoms with Crippen LogP contribution in [0.25, 0.3) is 0 Å². The highest BCUT2D eigenvalue weighted by Crippen LogP contribution is 2.26. The lowest BCUT2D eigenvalue weighted by Crippen LogP contribution is -2.33. The van der Waals surface area contributed by atoms with Gasteiger partial charge in [-0.3, -0.25) is 4.79 Å². The van der Waals surface area contributed by atoms with E-state index in [4.69, 9.17) is 4.74 Å². The number of rotatable bonds is 7. The number of sulfonamides is 1. The lowest BCUT2D eigenvalue weighted by molar-refractivity contribution is 0.0939. The Bertz CT molecular complexity index is 733. The maximum absolute atomic E-state index is 14.8. The first-order valence-electron chi connectivity index (χ1n) is 8.65. The van der Waals surface area contributed by atoms with Gasteiger partial charge in [0.1, 0.15) is 16.3 Å². The van der Waals surface area contributed by atoms with Gasteiger partial charge < -0.3 is 10.1 Å². The zero-order valence-electron chi connectivity index (χ0n) is 14.8. The highest BCUT2D eigenvalue weighted by Gasteiger charge is 2.31. The smallest absolute Gasteiger partial charge is 0.257 e. The van der Waals surface area contributed by atoms with E-state index in [2.05, 4.69) is 5.32 Å². The largest absolute Gasteiger partial charge is 0.385 e. The Hall–Kier alpha value is -1.58. The molecule has 26 heavy (non-hydrogen) atoms. The molecule has 1 aliphatic heterocycles. The van der Waals surface area contributed by atoms with Crippen LogP contribution < -0.4 is 5.32 Å². The molecule has 0 spiro atoms. The summed E-state index contributed by atoms with van der Waals surface area (Å²) in [5.41, 5.74) is -0.877. The predicted molar refractivity (Wildman–Crippen MR) is 92.4 cm³/mol. The molecular weight excluding hydrogens is 366 g/mol. The molecule has 1 aromatic carbocycles. The molecule has 0 saturated carbocycles. The second kappa shape index (κ2) is 9.38. The average Bonchev–Trinajstić information content (AvgIpc) is 2.88. The number of nitrogens with zero attached hydrogens (tertiary/aromatic N) is 1. The van der Waals surface area contributed by atoms with Crippen LogP contribution in [0.2, 0.25) is 0 Å². The fraction of sp³-hybridized carbons (Fsp3) is 0.588. The SMILES string of the molecule is COCCCNC(=O)c1c(F)ccc(S(=O)(=O)N2CCCCCC2)c1F. The van der Waals surface area contributed by atoms with Gasteiger partial charge in [-0.15, -0.1) is 0 Å². The van der Waals surface area contributed by atoms with Crippen molar-refractivity contribution in [3.63, 3.8) is 0 Å². The zero-order valence-corrected chi connectivity index (χ0v) is 15.6. The second-order valence-electron chi connectivity index (χ2n) is 6.16. The molecule has 0 aliphatic carbocycles. The second-order valence-corrected chi connectivity index (χ2v) is 8.06. The van der Waals surface area contributed by atoms with Crippen molar-refractivity contribution < 1.29 is 26.7 Å². The predicted octanol–water partition coefficient (Wildman–Crippen LogP) is 2.30. The standard InChI is InChI=1S/C17H24F2N2O4S/c1-25-12-6-9-20-17(22)15-13(18)7-8-14(16(15)19)26(23,24)21-10-4-2-3-5-11-21/h7-8H,2-6,9-12H2,1H3,(H,20,22). The Kier molecular flexibility index (Phi) is 7.48. The number of ether oxygens (including phenoxy) is 1. The number of carbonyl (C=O) groups excluding carboxylic acids is 1. The van der Waals surface area contributed by atoms with Gasteiger partial charge in [-0.2, -0.15) is 4.31 Å². The monoisotopic (exact) mass is 390 g/mol. The number of halogens is 2. The summed E-state index contributed by atoms with van der Waals surface area (Å²) in [5.74, 6) is -3.43. The van der Waals surface area contributed by atoms with Crippen molar-refractivity contribution in [3.05, 3.63) is 29.3 Å². The first-order chi connectivity index (χ1) is 12.4. The topological polar surface area (TPSA) is 75.7 Å². The molecule has 2 rings (SSSR count). The van der Waals surface area contributed by atoms with Crippen molar-refractivity contribution in [2.75, 3.05) is 33.4 Å². The summed E-state index contributed by atoms with van der Waals surface area (Å²) < 4.78 is 60.4. The molecule has 0 bridgehead atoms. The van der Waals surface area contributed by atoms with E-state index in [0.717, 1.165) is 25.0 Å². The van der Waals surface area contributed by atoms with E-state index < -0.39 is 38.0 Å². The van der Waals surface area contributed by atoms with E-state index in [9.17, 15) is 22.0 Å². The van der Waals surface area contributed by atoms with Gasteiger partial charge in [-0.25, -0.2) is 17.2 Å². The van der Waals surface area contributed by atoms with Gasteiger partial charge in [0.15, 0.2) is 5.82 Å². The van der Waals surface area contributed by atoms with Crippen LogP contribution in [0.4, 0.5) is 8.78 Å². The number of benzene rings is 1. The third-order valence-electron chi connectivity index (χ3n) is 4.28. The quantitative estimate of drug-likeness (QED) is 0.725. The molecule has 1 aromatic rings. The molecule has 1 heterocycles. The maximum atomic E-state index is 14.8. The zero-order chi connectivity index (χ0) is 19.2. The van der Waals surface area contributed by atoms with E-state index in [-0.39, 0.29) is 19.6 Å². The summed E-state index contributed by atoms with van der Waals surface area (Å²) in [6.07, 6.45) is 3.67. The molecule has 0 atom stereocenters. The molecule has 1 fully saturated rings. The van der Waals surface area contributed by atoms with Crippen LogP contribution in [0.15, 0.2) is 17.0 Å². The third kappa shape index (κ3) is 4.77. The number of methoxy groups -OCH3 is 1. The fourth-order valence-corrected chi connectivity index (χ4v) is 4.45. The molecule has 0 unspecified atom stereocenters. The maximum Gasteiger partial charge on any atom is 0.257 e. The molecule has 0 aromatic heterocycles. The lowest BCUT2D eigenvalue weighted by atomic mass is 10.2. The van der Waals surface area contributed by atoms with Gasteiger partial charge in [0.05, 0.1) is 0 Å². The van der Waals surface area contributed by atoms with Crippen LogP contribution in [-0.4, -0.2) is 52.0 Å². The van der Waals surface area contributed by atoms with Crippen LogP contribution in [0.3, 0.4) is 0 Å². The van der Waals surface area contributed by atoms with Crippen molar-refractivity contribution >= 4 is 15.9 Å². The van der Waals surface area contributed by atoms with Crippen LogP contribution >= 0.6 is 0 Å². The molecule has 1 amide bonds. The van der Waals surface area contributed by atoms with E-state index in [1.54, 1.807) is 0 Å². The van der Waals surface area contributed by atoms with Gasteiger partial charge in [0.25, 0.3) is 5.91 Å². The van der Waals surface area contributed by atoms with Crippen molar-refractivity contribution in [1.29, 1.82) is 0 Å². The minimum Gasteiger partial charge on any atom is -0.385 e. The van der Waals surface area contributed by atoms with Crippen LogP contribution in [0, 0.1) is 11.6 Å². The summed E-state index contributed by atoms with van der Waals surface area (Å²) in [4.78, 5) is 11.5. The summed E-state index contributed by atoms with van der Waals surface area (Å²) >= 11 is 0. The van der Waals surface area contributed by atoms with Gasteiger partial charge in [-0.1, -0.05) is 12.8 Å². The Morgan fingerprint density at radius 2 is 1.85 bits per heavy atom. The number of amides is 1. The minimum atomic E-state index is -4.13. The Morgan fingerprint density at radius 1 is 1.19 bits per heavy atom. The highest BCUT2D eigenvalue weighted by atomic mass is 32.2. The molecule has 1 N–H and O–H groups in total. The molecule has 6 nitrogen and oxygen atoms in total. The number of hydrogen-bond acceptors (Lipinski definition) is 4. The Balaban J connectivity index is 2.28. The summed E-state index contributed by atoms with van der Waals surface area (Å²) in [6, 6.07) is 1.70. The number of nitrogens with one attached hydrogen (secondary N) is 1. The van der Waals surface area contributed by atoms with Gasteiger partial charge in [0.2, 0.25) is 10.0 Å². The van der Waals surface area contributed by atoms with Crippen LogP contribution in [0.5, 0.6) is 0 Å². The number of hydrogen-bond donors (Lipinski definition) is 1. The van der Waals surface area contributed by atoms with Crippen molar-refractivity contribution in [2.45, 2.75) is 37.0 Å².